The van der Waals surface area contributed by atoms with Gasteiger partial charge in [-0.1, -0.05) is 25.7 Å². The number of hydrogen-bond donors (Lipinski definition) is 2. The first kappa shape index (κ1) is 10.4. The van der Waals surface area contributed by atoms with Gasteiger partial charge in [-0.05, 0) is 38.1 Å². The van der Waals surface area contributed by atoms with E-state index in [1.54, 1.807) is 0 Å². The molecule has 0 aromatic heterocycles. The lowest BCUT2D eigenvalue weighted by atomic mass is 9.87. The second kappa shape index (κ2) is 5.13. The Morgan fingerprint density at radius 3 is 2.50 bits per heavy atom. The molecule has 2 aliphatic rings. The van der Waals surface area contributed by atoms with Gasteiger partial charge in [0.2, 0.25) is 0 Å². The van der Waals surface area contributed by atoms with Gasteiger partial charge in [-0.25, -0.2) is 0 Å². The van der Waals surface area contributed by atoms with E-state index in [2.05, 4.69) is 5.32 Å². The van der Waals surface area contributed by atoms with Gasteiger partial charge >= 0.3 is 0 Å². The van der Waals surface area contributed by atoms with Crippen LogP contribution in [-0.2, 0) is 0 Å². The summed E-state index contributed by atoms with van der Waals surface area (Å²) in [6.07, 6.45) is 11.2. The molecule has 0 amide bonds. The van der Waals surface area contributed by atoms with Crippen LogP contribution in [0.2, 0.25) is 0 Å². The van der Waals surface area contributed by atoms with Crippen molar-refractivity contribution in [2.24, 2.45) is 11.7 Å². The predicted octanol–water partition coefficient (Wildman–Crippen LogP) is 2.04. The normalized spacial score (nSPS) is 33.2. The van der Waals surface area contributed by atoms with Crippen molar-refractivity contribution in [3.8, 4) is 0 Å². The molecule has 82 valence electrons. The van der Waals surface area contributed by atoms with E-state index in [1.165, 1.54) is 57.9 Å². The molecule has 2 saturated carbocycles. The number of nitrogens with one attached hydrogen (secondary N) is 1. The smallest absolute Gasteiger partial charge is 0.00965 e. The van der Waals surface area contributed by atoms with Crippen LogP contribution in [0.15, 0.2) is 0 Å². The maximum atomic E-state index is 5.73. The molecular weight excluding hydrogens is 172 g/mol. The standard InChI is InChI=1S/C12H24N2/c13-11-8-12(9-11)14-7-3-6-10-4-1-2-5-10/h10-12,14H,1-9,13H2. The molecular formula is C12H24N2. The SMILES string of the molecule is NC1CC(NCCCC2CCCC2)C1. The lowest BCUT2D eigenvalue weighted by Crippen LogP contribution is -2.48. The Bertz CT molecular complexity index is 158. The zero-order valence-electron chi connectivity index (χ0n) is 9.17. The summed E-state index contributed by atoms with van der Waals surface area (Å²) < 4.78 is 0. The minimum absolute atomic E-state index is 0.488. The maximum absolute atomic E-state index is 5.73. The highest BCUT2D eigenvalue weighted by atomic mass is 14.9. The van der Waals surface area contributed by atoms with E-state index >= 15 is 0 Å². The van der Waals surface area contributed by atoms with E-state index in [9.17, 15) is 0 Å². The fraction of sp³-hybridized carbons (Fsp3) is 1.00. The summed E-state index contributed by atoms with van der Waals surface area (Å²) in [4.78, 5) is 0. The predicted molar refractivity (Wildman–Crippen MR) is 60.2 cm³/mol. The molecule has 0 radical (unpaired) electrons. The van der Waals surface area contributed by atoms with Crippen LogP contribution in [-0.4, -0.2) is 18.6 Å². The molecule has 0 saturated heterocycles. The third-order valence-corrected chi connectivity index (χ3v) is 3.87. The molecule has 0 aliphatic heterocycles. The van der Waals surface area contributed by atoms with E-state index < -0.39 is 0 Å². The van der Waals surface area contributed by atoms with Gasteiger partial charge in [0.25, 0.3) is 0 Å². The Balaban J connectivity index is 1.43. The van der Waals surface area contributed by atoms with Crippen molar-refractivity contribution in [1.29, 1.82) is 0 Å². The van der Waals surface area contributed by atoms with Crippen LogP contribution in [0.5, 0.6) is 0 Å². The number of rotatable bonds is 5. The lowest BCUT2D eigenvalue weighted by Gasteiger charge is -2.33. The molecule has 2 rings (SSSR count). The van der Waals surface area contributed by atoms with Crippen molar-refractivity contribution >= 4 is 0 Å². The molecule has 2 fully saturated rings. The topological polar surface area (TPSA) is 38.0 Å². The lowest BCUT2D eigenvalue weighted by molar-refractivity contribution is 0.288. The van der Waals surface area contributed by atoms with Crippen LogP contribution >= 0.6 is 0 Å². The second-order valence-electron chi connectivity index (χ2n) is 5.18. The Morgan fingerprint density at radius 2 is 1.86 bits per heavy atom. The summed E-state index contributed by atoms with van der Waals surface area (Å²) in [5.41, 5.74) is 5.73. The van der Waals surface area contributed by atoms with Crippen LogP contribution in [0.4, 0.5) is 0 Å². The van der Waals surface area contributed by atoms with Gasteiger partial charge in [0.1, 0.15) is 0 Å². The Morgan fingerprint density at radius 1 is 1.14 bits per heavy atom. The molecule has 2 nitrogen and oxygen atoms in total. The van der Waals surface area contributed by atoms with Gasteiger partial charge in [0.05, 0.1) is 0 Å². The Kier molecular flexibility index (Phi) is 3.82. The molecule has 0 heterocycles. The molecule has 0 aromatic rings. The van der Waals surface area contributed by atoms with Crippen LogP contribution < -0.4 is 11.1 Å². The summed E-state index contributed by atoms with van der Waals surface area (Å²) in [5.74, 6) is 1.06. The zero-order chi connectivity index (χ0) is 9.80. The first-order valence-corrected chi connectivity index (χ1v) is 6.33. The first-order chi connectivity index (χ1) is 6.84. The molecule has 2 aliphatic carbocycles. The molecule has 3 N–H and O–H groups in total. The fourth-order valence-corrected chi connectivity index (χ4v) is 2.82. The fourth-order valence-electron chi connectivity index (χ4n) is 2.82. The average molecular weight is 196 g/mol. The van der Waals surface area contributed by atoms with Crippen molar-refractivity contribution in [2.45, 2.75) is 63.5 Å². The van der Waals surface area contributed by atoms with E-state index in [0.29, 0.717) is 6.04 Å². The van der Waals surface area contributed by atoms with Crippen LogP contribution in [0.25, 0.3) is 0 Å². The van der Waals surface area contributed by atoms with Crippen molar-refractivity contribution in [2.75, 3.05) is 6.54 Å². The summed E-state index contributed by atoms with van der Waals surface area (Å²) in [6, 6.07) is 1.23. The minimum Gasteiger partial charge on any atom is -0.328 e. The molecule has 0 bridgehead atoms. The van der Waals surface area contributed by atoms with Crippen molar-refractivity contribution in [1.82, 2.24) is 5.32 Å². The summed E-state index contributed by atoms with van der Waals surface area (Å²) in [7, 11) is 0. The third-order valence-electron chi connectivity index (χ3n) is 3.87. The van der Waals surface area contributed by atoms with Gasteiger partial charge in [-0.15, -0.1) is 0 Å². The monoisotopic (exact) mass is 196 g/mol. The zero-order valence-corrected chi connectivity index (χ0v) is 9.17. The maximum Gasteiger partial charge on any atom is 0.00965 e. The van der Waals surface area contributed by atoms with E-state index in [0.717, 1.165) is 12.0 Å². The summed E-state index contributed by atoms with van der Waals surface area (Å²) in [6.45, 7) is 1.22. The van der Waals surface area contributed by atoms with Gasteiger partial charge in [-0.3, -0.25) is 0 Å². The van der Waals surface area contributed by atoms with Crippen LogP contribution in [0, 0.1) is 5.92 Å². The minimum atomic E-state index is 0.488. The van der Waals surface area contributed by atoms with Gasteiger partial charge in [0, 0.05) is 12.1 Å². The number of hydrogen-bond acceptors (Lipinski definition) is 2. The summed E-state index contributed by atoms with van der Waals surface area (Å²) >= 11 is 0. The van der Waals surface area contributed by atoms with Crippen LogP contribution in [0.3, 0.4) is 0 Å². The molecule has 0 spiro atoms. The molecule has 14 heavy (non-hydrogen) atoms. The van der Waals surface area contributed by atoms with Gasteiger partial charge < -0.3 is 11.1 Å². The number of nitrogens with two attached hydrogens (primary N) is 1. The van der Waals surface area contributed by atoms with Gasteiger partial charge in [-0.2, -0.15) is 0 Å². The highest BCUT2D eigenvalue weighted by Crippen LogP contribution is 2.28. The third kappa shape index (κ3) is 2.96. The van der Waals surface area contributed by atoms with Crippen molar-refractivity contribution in [3.05, 3.63) is 0 Å². The first-order valence-electron chi connectivity index (χ1n) is 6.33. The van der Waals surface area contributed by atoms with Crippen LogP contribution in [0.1, 0.15) is 51.4 Å². The Hall–Kier alpha value is -0.0800. The highest BCUT2D eigenvalue weighted by molar-refractivity contribution is 4.87. The largest absolute Gasteiger partial charge is 0.328 e. The van der Waals surface area contributed by atoms with E-state index in [4.69, 9.17) is 5.73 Å². The molecule has 0 atom stereocenters. The second-order valence-corrected chi connectivity index (χ2v) is 5.18. The average Bonchev–Trinajstić information content (AvgIpc) is 2.61. The Labute approximate surface area is 87.6 Å². The van der Waals surface area contributed by atoms with Crippen molar-refractivity contribution < 1.29 is 0 Å². The molecule has 0 unspecified atom stereocenters. The van der Waals surface area contributed by atoms with E-state index in [-0.39, 0.29) is 0 Å². The highest BCUT2D eigenvalue weighted by Gasteiger charge is 2.24. The molecule has 2 heteroatoms. The summed E-state index contributed by atoms with van der Waals surface area (Å²) in [5, 5.41) is 3.59. The quantitative estimate of drug-likeness (QED) is 0.660. The van der Waals surface area contributed by atoms with Crippen molar-refractivity contribution in [3.63, 3.8) is 0 Å². The molecule has 0 aromatic carbocycles. The van der Waals surface area contributed by atoms with Gasteiger partial charge in [0.15, 0.2) is 0 Å². The van der Waals surface area contributed by atoms with E-state index in [1.807, 2.05) is 0 Å².